The number of hydrogen-bond donors (Lipinski definition) is 0. The lowest BCUT2D eigenvalue weighted by Crippen LogP contribution is -2.04. The molecule has 27 heavy (non-hydrogen) atoms. The average molecular weight is 373 g/mol. The van der Waals surface area contributed by atoms with Gasteiger partial charge in [-0.05, 0) is 36.8 Å². The van der Waals surface area contributed by atoms with E-state index in [0.717, 1.165) is 30.6 Å². The number of aromatic nitrogens is 5. The summed E-state index contributed by atoms with van der Waals surface area (Å²) in [6.45, 7) is 2.81. The van der Waals surface area contributed by atoms with E-state index in [1.165, 1.54) is 12.1 Å². The zero-order valence-corrected chi connectivity index (χ0v) is 14.2. The second-order valence-corrected chi connectivity index (χ2v) is 6.02. The van der Waals surface area contributed by atoms with Gasteiger partial charge in [-0.1, -0.05) is 29.4 Å². The molecule has 4 aromatic rings. The largest absolute Gasteiger partial charge is 0.416 e. The molecule has 0 fully saturated rings. The van der Waals surface area contributed by atoms with Crippen LogP contribution in [0.3, 0.4) is 0 Å². The smallest absolute Gasteiger partial charge is 0.334 e. The molecule has 0 N–H and O–H groups in total. The van der Waals surface area contributed by atoms with Crippen LogP contribution >= 0.6 is 0 Å². The highest BCUT2D eigenvalue weighted by Gasteiger charge is 2.30. The van der Waals surface area contributed by atoms with E-state index in [0.29, 0.717) is 11.1 Å². The predicted molar refractivity (Wildman–Crippen MR) is 91.5 cm³/mol. The number of benzene rings is 2. The quantitative estimate of drug-likeness (QED) is 0.524. The third-order valence-corrected chi connectivity index (χ3v) is 4.07. The van der Waals surface area contributed by atoms with E-state index < -0.39 is 11.7 Å². The highest BCUT2D eigenvalue weighted by Crippen LogP contribution is 2.32. The summed E-state index contributed by atoms with van der Waals surface area (Å²) >= 11 is 0. The summed E-state index contributed by atoms with van der Waals surface area (Å²) in [4.78, 5) is 4.22. The van der Waals surface area contributed by atoms with Crippen LogP contribution < -0.4 is 0 Å². The van der Waals surface area contributed by atoms with E-state index in [1.807, 2.05) is 6.07 Å². The molecule has 4 rings (SSSR count). The first-order valence-corrected chi connectivity index (χ1v) is 8.30. The van der Waals surface area contributed by atoms with Crippen molar-refractivity contribution in [3.05, 3.63) is 48.0 Å². The van der Waals surface area contributed by atoms with Crippen LogP contribution in [-0.2, 0) is 12.7 Å². The molecule has 0 aliphatic rings. The number of hydrogen-bond acceptors (Lipinski definition) is 5. The lowest BCUT2D eigenvalue weighted by atomic mass is 10.1. The van der Waals surface area contributed by atoms with Gasteiger partial charge in [0.15, 0.2) is 0 Å². The summed E-state index contributed by atoms with van der Waals surface area (Å²) in [5.74, 6) is 0.292. The summed E-state index contributed by atoms with van der Waals surface area (Å²) in [5.41, 5.74) is 1.66. The summed E-state index contributed by atoms with van der Waals surface area (Å²) in [6, 6.07) is 10.2. The Labute approximate surface area is 151 Å². The van der Waals surface area contributed by atoms with Crippen molar-refractivity contribution in [2.75, 3.05) is 0 Å². The SMILES string of the molecule is CCCn1nnc2cc(-c3nc(-c4cccc(C(F)(F)F)c4)no3)ccc21. The van der Waals surface area contributed by atoms with Gasteiger partial charge in [-0.3, -0.25) is 0 Å². The third kappa shape index (κ3) is 3.27. The van der Waals surface area contributed by atoms with Crippen LogP contribution in [0.4, 0.5) is 13.2 Å². The molecule has 138 valence electrons. The standard InChI is InChI=1S/C18H14F3N5O/c1-2-8-26-15-7-6-12(10-14(15)23-25-26)17-22-16(24-27-17)11-4-3-5-13(9-11)18(19,20)21/h3-7,9-10H,2,8H2,1H3. The Kier molecular flexibility index (Phi) is 4.14. The molecular weight excluding hydrogens is 359 g/mol. The fraction of sp³-hybridized carbons (Fsp3) is 0.222. The molecule has 0 saturated heterocycles. The number of nitrogens with zero attached hydrogens (tertiary/aromatic N) is 5. The maximum Gasteiger partial charge on any atom is 0.416 e. The van der Waals surface area contributed by atoms with Crippen LogP contribution in [0.2, 0.25) is 0 Å². The van der Waals surface area contributed by atoms with Crippen molar-refractivity contribution in [2.24, 2.45) is 0 Å². The molecule has 0 radical (unpaired) electrons. The number of halogens is 3. The summed E-state index contributed by atoms with van der Waals surface area (Å²) in [6.07, 6.45) is -3.50. The lowest BCUT2D eigenvalue weighted by molar-refractivity contribution is -0.137. The Bertz CT molecular complexity index is 1100. The van der Waals surface area contributed by atoms with E-state index in [2.05, 4.69) is 27.4 Å². The zero-order chi connectivity index (χ0) is 19.0. The van der Waals surface area contributed by atoms with Gasteiger partial charge in [0.2, 0.25) is 5.82 Å². The van der Waals surface area contributed by atoms with Crippen molar-refractivity contribution in [1.29, 1.82) is 0 Å². The molecule has 0 atom stereocenters. The fourth-order valence-electron chi connectivity index (χ4n) is 2.77. The van der Waals surface area contributed by atoms with Gasteiger partial charge in [-0.15, -0.1) is 5.10 Å². The minimum absolute atomic E-state index is 0.0887. The molecule has 0 unspecified atom stereocenters. The highest BCUT2D eigenvalue weighted by atomic mass is 19.4. The second kappa shape index (κ2) is 6.49. The van der Waals surface area contributed by atoms with Crippen LogP contribution in [0.15, 0.2) is 47.0 Å². The van der Waals surface area contributed by atoms with Crippen LogP contribution in [0.25, 0.3) is 33.9 Å². The van der Waals surface area contributed by atoms with Crippen molar-refractivity contribution >= 4 is 11.0 Å². The minimum atomic E-state index is -4.43. The normalized spacial score (nSPS) is 12.0. The van der Waals surface area contributed by atoms with Crippen molar-refractivity contribution in [3.63, 3.8) is 0 Å². The first-order chi connectivity index (χ1) is 13.0. The Hall–Kier alpha value is -3.23. The van der Waals surface area contributed by atoms with Crippen molar-refractivity contribution in [3.8, 4) is 22.8 Å². The number of alkyl halides is 3. The van der Waals surface area contributed by atoms with Crippen molar-refractivity contribution in [2.45, 2.75) is 26.1 Å². The Morgan fingerprint density at radius 1 is 1.07 bits per heavy atom. The molecule has 0 spiro atoms. The van der Waals surface area contributed by atoms with E-state index in [1.54, 1.807) is 16.8 Å². The van der Waals surface area contributed by atoms with Gasteiger partial charge in [-0.2, -0.15) is 18.2 Å². The van der Waals surface area contributed by atoms with Gasteiger partial charge < -0.3 is 4.52 Å². The van der Waals surface area contributed by atoms with Gasteiger partial charge in [0.25, 0.3) is 5.89 Å². The Balaban J connectivity index is 1.68. The summed E-state index contributed by atoms with van der Waals surface area (Å²) in [5, 5.41) is 12.0. The molecule has 2 heterocycles. The molecule has 9 heteroatoms. The number of rotatable bonds is 4. The van der Waals surface area contributed by atoms with Crippen molar-refractivity contribution in [1.82, 2.24) is 25.1 Å². The predicted octanol–water partition coefficient (Wildman–Crippen LogP) is 4.58. The summed E-state index contributed by atoms with van der Waals surface area (Å²) in [7, 11) is 0. The third-order valence-electron chi connectivity index (χ3n) is 4.07. The van der Waals surface area contributed by atoms with Gasteiger partial charge in [0, 0.05) is 17.7 Å². The molecule has 0 bridgehead atoms. The second-order valence-electron chi connectivity index (χ2n) is 6.02. The molecule has 0 amide bonds. The number of aryl methyl sites for hydroxylation is 1. The molecule has 2 aromatic carbocycles. The van der Waals surface area contributed by atoms with Crippen LogP contribution in [-0.4, -0.2) is 25.1 Å². The minimum Gasteiger partial charge on any atom is -0.334 e. The zero-order valence-electron chi connectivity index (χ0n) is 14.2. The Morgan fingerprint density at radius 3 is 2.70 bits per heavy atom. The molecule has 0 aliphatic heterocycles. The van der Waals surface area contributed by atoms with E-state index >= 15 is 0 Å². The fourth-order valence-corrected chi connectivity index (χ4v) is 2.77. The summed E-state index contributed by atoms with van der Waals surface area (Å²) < 4.78 is 45.7. The average Bonchev–Trinajstić information content (AvgIpc) is 3.29. The molecule has 0 saturated carbocycles. The van der Waals surface area contributed by atoms with Gasteiger partial charge in [-0.25, -0.2) is 4.68 Å². The van der Waals surface area contributed by atoms with Crippen LogP contribution in [0, 0.1) is 0 Å². The van der Waals surface area contributed by atoms with E-state index in [-0.39, 0.29) is 17.3 Å². The Morgan fingerprint density at radius 2 is 1.93 bits per heavy atom. The van der Waals surface area contributed by atoms with Gasteiger partial charge in [0.05, 0.1) is 11.1 Å². The van der Waals surface area contributed by atoms with E-state index in [9.17, 15) is 13.2 Å². The lowest BCUT2D eigenvalue weighted by Gasteiger charge is -2.06. The molecule has 6 nitrogen and oxygen atoms in total. The molecule has 0 aliphatic carbocycles. The first-order valence-electron chi connectivity index (χ1n) is 8.30. The topological polar surface area (TPSA) is 69.6 Å². The number of fused-ring (bicyclic) bond motifs is 1. The van der Waals surface area contributed by atoms with Gasteiger partial charge in [0.1, 0.15) is 5.52 Å². The molecule has 2 aromatic heterocycles. The monoisotopic (exact) mass is 373 g/mol. The maximum atomic E-state index is 12.9. The van der Waals surface area contributed by atoms with E-state index in [4.69, 9.17) is 4.52 Å². The molecular formula is C18H14F3N5O. The van der Waals surface area contributed by atoms with Gasteiger partial charge >= 0.3 is 6.18 Å². The maximum absolute atomic E-state index is 12.9. The van der Waals surface area contributed by atoms with Crippen LogP contribution in [0.5, 0.6) is 0 Å². The van der Waals surface area contributed by atoms with Crippen molar-refractivity contribution < 1.29 is 17.7 Å². The highest BCUT2D eigenvalue weighted by molar-refractivity contribution is 5.79. The first kappa shape index (κ1) is 17.2. The van der Waals surface area contributed by atoms with Crippen LogP contribution in [0.1, 0.15) is 18.9 Å².